The van der Waals surface area contributed by atoms with Crippen LogP contribution in [0.15, 0.2) is 48.5 Å². The van der Waals surface area contributed by atoms with Gasteiger partial charge in [-0.15, -0.1) is 0 Å². The average molecular weight is 371 g/mol. The number of aromatic nitrogens is 1. The second-order valence-corrected chi connectivity index (χ2v) is 7.38. The number of piperazine rings is 1. The Hall–Kier alpha value is -3.39. The molecule has 0 unspecified atom stereocenters. The lowest BCUT2D eigenvalue weighted by atomic mass is 10.1. The van der Waals surface area contributed by atoms with Gasteiger partial charge >= 0.3 is 0 Å². The molecule has 0 aliphatic carbocycles. The van der Waals surface area contributed by atoms with Crippen molar-refractivity contribution < 1.29 is 9.78 Å². The Bertz CT molecular complexity index is 1070. The van der Waals surface area contributed by atoms with Gasteiger partial charge in [0.2, 0.25) is 0 Å². The lowest BCUT2D eigenvalue weighted by Crippen LogP contribution is -2.50. The first kappa shape index (κ1) is 18.0. The number of benzene rings is 2. The first-order chi connectivity index (χ1) is 13.5. The molecule has 2 aromatic carbocycles. The van der Waals surface area contributed by atoms with E-state index in [-0.39, 0.29) is 5.91 Å². The molecule has 3 aromatic rings. The van der Waals surface area contributed by atoms with Crippen molar-refractivity contribution in [3.8, 4) is 6.07 Å². The van der Waals surface area contributed by atoms with Gasteiger partial charge in [-0.3, -0.25) is 9.69 Å². The topological polar surface area (TPSA) is 61.5 Å². The quantitative estimate of drug-likeness (QED) is 0.695. The van der Waals surface area contributed by atoms with Gasteiger partial charge in [0.25, 0.3) is 11.7 Å². The molecular weight excluding hydrogens is 348 g/mol. The number of amides is 1. The molecule has 0 saturated carbocycles. The van der Waals surface area contributed by atoms with Gasteiger partial charge in [-0.25, -0.2) is 4.98 Å². The number of nitriles is 1. The van der Waals surface area contributed by atoms with E-state index in [4.69, 9.17) is 0 Å². The molecule has 5 heteroatoms. The highest BCUT2D eigenvalue weighted by Gasteiger charge is 2.29. The number of aromatic amines is 1. The number of nitrogens with one attached hydrogen (secondary N) is 1. The predicted molar refractivity (Wildman–Crippen MR) is 109 cm³/mol. The molecule has 4 rings (SSSR count). The molecule has 1 aliphatic heterocycles. The SMILES string of the molecule is Cc1ccc(C(=O)N2CCN(c3[nH+]c4ccc(C)cc4cc3C#N)CC2)cc1. The summed E-state index contributed by atoms with van der Waals surface area (Å²) in [6.45, 7) is 6.72. The van der Waals surface area contributed by atoms with Crippen LogP contribution in [0.5, 0.6) is 0 Å². The lowest BCUT2D eigenvalue weighted by Gasteiger charge is -2.31. The normalized spacial score (nSPS) is 14.2. The third-order valence-electron chi connectivity index (χ3n) is 5.32. The van der Waals surface area contributed by atoms with Crippen LogP contribution in [0.4, 0.5) is 5.82 Å². The lowest BCUT2D eigenvalue weighted by molar-refractivity contribution is -0.331. The zero-order valence-corrected chi connectivity index (χ0v) is 16.2. The smallest absolute Gasteiger partial charge is 0.293 e. The number of hydrogen-bond acceptors (Lipinski definition) is 3. The summed E-state index contributed by atoms with van der Waals surface area (Å²) < 4.78 is 0. The molecule has 28 heavy (non-hydrogen) atoms. The second-order valence-electron chi connectivity index (χ2n) is 7.38. The summed E-state index contributed by atoms with van der Waals surface area (Å²) in [6.07, 6.45) is 0. The molecule has 1 aliphatic rings. The maximum absolute atomic E-state index is 12.7. The zero-order valence-electron chi connectivity index (χ0n) is 16.2. The molecule has 0 spiro atoms. The van der Waals surface area contributed by atoms with Crippen molar-refractivity contribution in [2.45, 2.75) is 13.8 Å². The number of aryl methyl sites for hydroxylation is 2. The minimum Gasteiger partial charge on any atom is -0.331 e. The third-order valence-corrected chi connectivity index (χ3v) is 5.32. The Kier molecular flexibility index (Phi) is 4.70. The standard InChI is InChI=1S/C23H22N4O/c1-16-3-6-18(7-4-16)23(28)27-11-9-26(10-12-27)22-20(15-24)14-19-13-17(2)5-8-21(19)25-22/h3-8,13-14H,9-12H2,1-2H3/p+1. The van der Waals surface area contributed by atoms with Gasteiger partial charge in [-0.1, -0.05) is 29.3 Å². The number of anilines is 1. The average Bonchev–Trinajstić information content (AvgIpc) is 2.73. The van der Waals surface area contributed by atoms with E-state index >= 15 is 0 Å². The Morgan fingerprint density at radius 3 is 2.32 bits per heavy atom. The first-order valence-electron chi connectivity index (χ1n) is 9.53. The van der Waals surface area contributed by atoms with Gasteiger partial charge in [0.15, 0.2) is 0 Å². The Balaban J connectivity index is 1.53. The van der Waals surface area contributed by atoms with Crippen LogP contribution in [-0.2, 0) is 0 Å². The van der Waals surface area contributed by atoms with Gasteiger partial charge in [-0.05, 0) is 44.2 Å². The highest BCUT2D eigenvalue weighted by molar-refractivity contribution is 5.94. The van der Waals surface area contributed by atoms with Crippen LogP contribution in [-0.4, -0.2) is 37.0 Å². The highest BCUT2D eigenvalue weighted by Crippen LogP contribution is 2.22. The number of pyridine rings is 1. The largest absolute Gasteiger partial charge is 0.331 e. The number of hydrogen-bond donors (Lipinski definition) is 0. The van der Waals surface area contributed by atoms with Crippen molar-refractivity contribution in [1.29, 1.82) is 5.26 Å². The molecule has 1 N–H and O–H groups in total. The molecule has 0 bridgehead atoms. The van der Waals surface area contributed by atoms with E-state index in [0.29, 0.717) is 31.7 Å². The van der Waals surface area contributed by atoms with Crippen LogP contribution < -0.4 is 9.88 Å². The summed E-state index contributed by atoms with van der Waals surface area (Å²) in [5.41, 5.74) is 4.69. The summed E-state index contributed by atoms with van der Waals surface area (Å²) in [4.78, 5) is 20.2. The van der Waals surface area contributed by atoms with Crippen LogP contribution in [0.2, 0.25) is 0 Å². The molecule has 0 radical (unpaired) electrons. The molecular formula is C23H23N4O+. The number of carbonyl (C=O) groups excluding carboxylic acids is 1. The number of carbonyl (C=O) groups is 1. The Morgan fingerprint density at radius 1 is 0.964 bits per heavy atom. The number of nitrogens with zero attached hydrogens (tertiary/aromatic N) is 3. The fourth-order valence-electron chi connectivity index (χ4n) is 3.68. The summed E-state index contributed by atoms with van der Waals surface area (Å²) >= 11 is 0. The number of fused-ring (bicyclic) bond motifs is 1. The summed E-state index contributed by atoms with van der Waals surface area (Å²) in [7, 11) is 0. The van der Waals surface area contributed by atoms with Gasteiger partial charge in [0, 0.05) is 10.9 Å². The Morgan fingerprint density at radius 2 is 1.64 bits per heavy atom. The second kappa shape index (κ2) is 7.32. The van der Waals surface area contributed by atoms with E-state index in [2.05, 4.69) is 28.1 Å². The molecule has 140 valence electrons. The predicted octanol–water partition coefficient (Wildman–Crippen LogP) is 3.10. The zero-order chi connectivity index (χ0) is 19.7. The van der Waals surface area contributed by atoms with Crippen molar-refractivity contribution in [2.24, 2.45) is 0 Å². The van der Waals surface area contributed by atoms with Gasteiger partial charge < -0.3 is 4.90 Å². The van der Waals surface area contributed by atoms with Crippen LogP contribution >= 0.6 is 0 Å². The molecule has 1 amide bonds. The number of H-pyrrole nitrogens is 1. The van der Waals surface area contributed by atoms with E-state index in [0.717, 1.165) is 27.8 Å². The Labute approximate surface area is 164 Å². The fourth-order valence-corrected chi connectivity index (χ4v) is 3.68. The molecule has 0 atom stereocenters. The van der Waals surface area contributed by atoms with Crippen molar-refractivity contribution in [2.75, 3.05) is 31.1 Å². The summed E-state index contributed by atoms with van der Waals surface area (Å²) in [5.74, 6) is 0.902. The van der Waals surface area contributed by atoms with E-state index in [1.807, 2.05) is 55.1 Å². The summed E-state index contributed by atoms with van der Waals surface area (Å²) in [6, 6.07) is 18.2. The monoisotopic (exact) mass is 371 g/mol. The van der Waals surface area contributed by atoms with Crippen molar-refractivity contribution >= 4 is 22.6 Å². The van der Waals surface area contributed by atoms with E-state index in [1.54, 1.807) is 0 Å². The van der Waals surface area contributed by atoms with Crippen LogP contribution in [0.25, 0.3) is 10.9 Å². The third kappa shape index (κ3) is 3.41. The molecule has 1 fully saturated rings. The molecule has 2 heterocycles. The van der Waals surface area contributed by atoms with E-state index in [9.17, 15) is 10.1 Å². The fraction of sp³-hybridized carbons (Fsp3) is 0.261. The van der Waals surface area contributed by atoms with Gasteiger partial charge in [0.05, 0.1) is 13.1 Å². The van der Waals surface area contributed by atoms with Crippen LogP contribution in [0.1, 0.15) is 27.0 Å². The highest BCUT2D eigenvalue weighted by atomic mass is 16.2. The van der Waals surface area contributed by atoms with E-state index in [1.165, 1.54) is 5.56 Å². The maximum Gasteiger partial charge on any atom is 0.293 e. The van der Waals surface area contributed by atoms with Crippen molar-refractivity contribution in [3.05, 3.63) is 70.8 Å². The van der Waals surface area contributed by atoms with E-state index < -0.39 is 0 Å². The summed E-state index contributed by atoms with van der Waals surface area (Å²) in [5, 5.41) is 10.7. The first-order valence-corrected chi connectivity index (χ1v) is 9.53. The van der Waals surface area contributed by atoms with Crippen molar-refractivity contribution in [1.82, 2.24) is 4.90 Å². The molecule has 1 saturated heterocycles. The van der Waals surface area contributed by atoms with Crippen LogP contribution in [0, 0.1) is 25.2 Å². The maximum atomic E-state index is 12.7. The van der Waals surface area contributed by atoms with Crippen LogP contribution in [0.3, 0.4) is 0 Å². The number of rotatable bonds is 2. The minimum absolute atomic E-state index is 0.0677. The molecule has 5 nitrogen and oxygen atoms in total. The minimum atomic E-state index is 0.0677. The van der Waals surface area contributed by atoms with Crippen molar-refractivity contribution in [3.63, 3.8) is 0 Å². The van der Waals surface area contributed by atoms with Gasteiger partial charge in [0.1, 0.15) is 30.2 Å². The molecule has 1 aromatic heterocycles. The van der Waals surface area contributed by atoms with Gasteiger partial charge in [-0.2, -0.15) is 5.26 Å².